The summed E-state index contributed by atoms with van der Waals surface area (Å²) < 4.78 is 28.6. The summed E-state index contributed by atoms with van der Waals surface area (Å²) in [5, 5.41) is 10.9. The second-order valence-corrected chi connectivity index (χ2v) is 31.9. The Morgan fingerprint density at radius 2 is 1.40 bits per heavy atom. The van der Waals surface area contributed by atoms with Crippen LogP contribution in [-0.4, -0.2) is 22.8 Å². The number of aromatic nitrogens is 3. The Labute approximate surface area is 441 Å². The zero-order chi connectivity index (χ0) is 50.5. The van der Waals surface area contributed by atoms with Crippen LogP contribution >= 0.6 is 0 Å². The van der Waals surface area contributed by atoms with E-state index < -0.39 is 19.1 Å². The molecule has 0 atom stereocenters. The Bertz CT molecular complexity index is 3650. The van der Waals surface area contributed by atoms with Crippen molar-refractivity contribution in [1.29, 1.82) is 5.26 Å². The van der Waals surface area contributed by atoms with E-state index in [1.54, 1.807) is 24.3 Å². The molecule has 0 aliphatic carbocycles. The van der Waals surface area contributed by atoms with Gasteiger partial charge in [-0.25, -0.2) is 4.39 Å². The molecule has 10 rings (SSSR count). The number of furan rings is 1. The van der Waals surface area contributed by atoms with Crippen molar-refractivity contribution in [3.05, 3.63) is 205 Å². The minimum absolute atomic E-state index is 0. The first kappa shape index (κ1) is 51.7. The Morgan fingerprint density at radius 1 is 0.736 bits per heavy atom. The van der Waals surface area contributed by atoms with Crippen LogP contribution in [0.25, 0.3) is 83.6 Å². The van der Waals surface area contributed by atoms with E-state index in [1.165, 1.54) is 32.2 Å². The van der Waals surface area contributed by atoms with Crippen molar-refractivity contribution in [3.8, 4) is 56.7 Å². The van der Waals surface area contributed by atoms with Crippen LogP contribution in [0.1, 0.15) is 88.1 Å². The van der Waals surface area contributed by atoms with Gasteiger partial charge in [-0.05, 0) is 28.7 Å². The van der Waals surface area contributed by atoms with E-state index in [1.807, 2.05) is 65.2 Å². The van der Waals surface area contributed by atoms with Crippen molar-refractivity contribution < 1.29 is 33.5 Å². The fraction of sp³-hybridized carbons (Fsp3) is 0.203. The van der Waals surface area contributed by atoms with Gasteiger partial charge in [0.2, 0.25) is 0 Å². The summed E-state index contributed by atoms with van der Waals surface area (Å²) in [6.07, 6.45) is 2.10. The van der Waals surface area contributed by atoms with Gasteiger partial charge in [-0.3, -0.25) is 0 Å². The fourth-order valence-electron chi connectivity index (χ4n) is 9.49. The van der Waals surface area contributed by atoms with E-state index in [0.29, 0.717) is 39.0 Å². The van der Waals surface area contributed by atoms with Crippen LogP contribution in [0.15, 0.2) is 156 Å². The molecule has 0 spiro atoms. The van der Waals surface area contributed by atoms with Gasteiger partial charge in [0.05, 0.1) is 23.5 Å². The number of hydrogen-bond acceptors (Lipinski definition) is 3. The fourth-order valence-corrected chi connectivity index (χ4v) is 11.9. The largest absolute Gasteiger partial charge is 3.00 e. The molecule has 7 aromatic carbocycles. The number of rotatable bonds is 8. The van der Waals surface area contributed by atoms with Gasteiger partial charge in [-0.1, -0.05) is 74.7 Å². The SMILES string of the molecule is CC(C)c1cc(-c2cc[c]([Ge]([CH3])([CH3])[CH3])cc2)cc(C(C)C)c1-n1c(-c2[c-]ccc3c2oc2c(F)c(-c4cccc(C#N)c4)ccc23)nc2ccccc21.[CH2-]c1ccccc1-c1ccc(C(C)(C)C)c[n+]1[CH2-].[Ir+3]. The Morgan fingerprint density at radius 3 is 2.04 bits per heavy atom. The van der Waals surface area contributed by atoms with Crippen molar-refractivity contribution in [2.24, 2.45) is 0 Å². The molecule has 0 N–H and O–H groups in total. The maximum atomic E-state index is 16.4. The van der Waals surface area contributed by atoms with Gasteiger partial charge >= 0.3 is 221 Å². The van der Waals surface area contributed by atoms with E-state index in [9.17, 15) is 5.26 Å². The molecule has 0 radical (unpaired) electrons. The Hall–Kier alpha value is -6.69. The predicted molar refractivity (Wildman–Crippen MR) is 295 cm³/mol. The first-order valence-corrected chi connectivity index (χ1v) is 31.8. The van der Waals surface area contributed by atoms with Crippen molar-refractivity contribution in [2.45, 2.75) is 83.0 Å². The summed E-state index contributed by atoms with van der Waals surface area (Å²) in [6.45, 7) is 19.7. The topological polar surface area (TPSA) is 58.6 Å². The van der Waals surface area contributed by atoms with Crippen molar-refractivity contribution >= 4 is 50.6 Å². The molecule has 3 aromatic heterocycles. The van der Waals surface area contributed by atoms with E-state index in [2.05, 4.69) is 163 Å². The summed E-state index contributed by atoms with van der Waals surface area (Å²) in [7, 11) is 4.10. The van der Waals surface area contributed by atoms with Crippen LogP contribution in [0.4, 0.5) is 4.39 Å². The van der Waals surface area contributed by atoms with E-state index in [-0.39, 0.29) is 42.9 Å². The standard InChI is InChI=1S/C47H41FGeN3O.C17H20N.Ir/c1-28(2)39-25-33(31-18-20-34(21-19-31)49(5,6)7)26-40(29(3)4)44(39)52-42-17-9-8-16-41(42)51-47(52)38-15-11-14-36-37-23-22-35(43(48)46(37)53-45(36)38)32-13-10-12-30(24-32)27-50;1-13-8-6-7-9-15(13)16-11-10-14(12-18(16)5)17(2,3)4;/h8-14,16-26,28-29H,1-7H3;6-12H,1,5H2,2-4H3;/q2*-1;+3. The number of fused-ring (bicyclic) bond motifs is 4. The molecule has 0 saturated carbocycles. The summed E-state index contributed by atoms with van der Waals surface area (Å²) in [4.78, 5) is 5.25. The van der Waals surface area contributed by atoms with Gasteiger partial charge in [0.25, 0.3) is 0 Å². The monoisotopic (exact) mass is 1190 g/mol. The number of nitriles is 1. The molecule has 8 heteroatoms. The van der Waals surface area contributed by atoms with Crippen LogP contribution in [-0.2, 0) is 25.5 Å². The first-order valence-electron chi connectivity index (χ1n) is 24.5. The van der Waals surface area contributed by atoms with Crippen molar-refractivity contribution in [3.63, 3.8) is 0 Å². The third-order valence-electron chi connectivity index (χ3n) is 13.5. The average Bonchev–Trinajstić information content (AvgIpc) is 3.93. The van der Waals surface area contributed by atoms with E-state index in [4.69, 9.17) is 9.40 Å². The van der Waals surface area contributed by atoms with Crippen molar-refractivity contribution in [1.82, 2.24) is 9.55 Å². The molecule has 0 unspecified atom stereocenters. The molecule has 10 aromatic rings. The first-order chi connectivity index (χ1) is 33.8. The van der Waals surface area contributed by atoms with Crippen LogP contribution in [0.5, 0.6) is 0 Å². The number of benzene rings is 7. The minimum Gasteiger partial charge on any atom is -0.343 e. The molecule has 3 heterocycles. The van der Waals surface area contributed by atoms with Gasteiger partial charge in [-0.2, -0.15) is 23.8 Å². The summed E-state index contributed by atoms with van der Waals surface area (Å²) in [5.74, 6) is 7.93. The quantitative estimate of drug-likeness (QED) is 0.0865. The normalized spacial score (nSPS) is 11.8. The second-order valence-electron chi connectivity index (χ2n) is 21.3. The number of pyridine rings is 1. The molecule has 5 nitrogen and oxygen atoms in total. The Kier molecular flexibility index (Phi) is 14.7. The van der Waals surface area contributed by atoms with Gasteiger partial charge in [0.1, 0.15) is 0 Å². The maximum Gasteiger partial charge on any atom is 3.00 e. The van der Waals surface area contributed by atoms with Crippen LogP contribution in [0, 0.1) is 37.2 Å². The van der Waals surface area contributed by atoms with E-state index in [0.717, 1.165) is 38.9 Å². The Balaban J connectivity index is 0.000000308. The molecule has 72 heavy (non-hydrogen) atoms. The summed E-state index contributed by atoms with van der Waals surface area (Å²) >= 11 is -1.96. The molecule has 362 valence electrons. The third kappa shape index (κ3) is 9.93. The number of nitrogens with zero attached hydrogens (tertiary/aromatic N) is 4. The molecule has 0 amide bonds. The van der Waals surface area contributed by atoms with Crippen LogP contribution in [0.2, 0.25) is 17.3 Å². The van der Waals surface area contributed by atoms with Crippen molar-refractivity contribution in [2.75, 3.05) is 0 Å². The predicted octanol–water partition coefficient (Wildman–Crippen LogP) is 16.3. The van der Waals surface area contributed by atoms with Gasteiger partial charge in [0, 0.05) is 18.0 Å². The molecule has 0 aliphatic heterocycles. The minimum atomic E-state index is -1.96. The third-order valence-corrected chi connectivity index (χ3v) is 17.9. The molecular weight excluding hydrogens is 1120 g/mol. The van der Waals surface area contributed by atoms with Crippen LogP contribution < -0.4 is 8.96 Å². The smallest absolute Gasteiger partial charge is 0.343 e. The zero-order valence-electron chi connectivity index (χ0n) is 42.9. The molecule has 0 bridgehead atoms. The number of para-hydroxylation sites is 2. The molecular formula is C64H61FGeIrN4O+. The van der Waals surface area contributed by atoms with Gasteiger partial charge < -0.3 is 8.98 Å². The molecule has 0 fully saturated rings. The maximum absolute atomic E-state index is 16.4. The number of imidazole rings is 1. The van der Waals surface area contributed by atoms with Gasteiger partial charge in [0.15, 0.2) is 11.4 Å². The summed E-state index contributed by atoms with van der Waals surface area (Å²) in [5.41, 5.74) is 15.3. The average molecular weight is 1190 g/mol. The number of hydrogen-bond donors (Lipinski definition) is 0. The number of halogens is 1. The van der Waals surface area contributed by atoms with Crippen LogP contribution in [0.3, 0.4) is 0 Å². The van der Waals surface area contributed by atoms with Gasteiger partial charge in [-0.15, -0.1) is 29.8 Å². The second kappa shape index (κ2) is 20.4. The molecule has 0 aliphatic rings. The summed E-state index contributed by atoms with van der Waals surface area (Å²) in [6, 6.07) is 54.6. The molecule has 0 saturated heterocycles. The zero-order valence-corrected chi connectivity index (χ0v) is 47.4. The van der Waals surface area contributed by atoms with E-state index >= 15 is 4.39 Å².